The van der Waals surface area contributed by atoms with Crippen LogP contribution in [0, 0.1) is 0 Å². The molecule has 9 nitrogen and oxygen atoms in total. The van der Waals surface area contributed by atoms with Gasteiger partial charge in [-0.05, 0) is 62.2 Å². The van der Waals surface area contributed by atoms with Crippen LogP contribution in [0.3, 0.4) is 0 Å². The maximum Gasteiger partial charge on any atom is 0.261 e. The molecule has 4 rings (SSSR count). The number of carbonyl (C=O) groups excluding carboxylic acids is 1. The summed E-state index contributed by atoms with van der Waals surface area (Å²) >= 11 is 0. The van der Waals surface area contributed by atoms with Crippen molar-refractivity contribution < 1.29 is 18.3 Å². The van der Waals surface area contributed by atoms with E-state index in [-0.39, 0.29) is 16.3 Å². The molecule has 0 spiro atoms. The molecule has 0 bridgehead atoms. The first kappa shape index (κ1) is 29.0. The zero-order valence-corrected chi connectivity index (χ0v) is 23.7. The van der Waals surface area contributed by atoms with Crippen LogP contribution in [0.4, 0.5) is 11.4 Å². The summed E-state index contributed by atoms with van der Waals surface area (Å²) in [5.74, 6) is -0.111. The third-order valence-corrected chi connectivity index (χ3v) is 7.88. The Balaban J connectivity index is 1.30. The van der Waals surface area contributed by atoms with E-state index in [0.29, 0.717) is 17.8 Å². The number of nitrogens with zero attached hydrogens (tertiary/aromatic N) is 2. The number of carbonyl (C=O) groups is 1. The van der Waals surface area contributed by atoms with Gasteiger partial charge in [0.2, 0.25) is 5.91 Å². The van der Waals surface area contributed by atoms with E-state index in [4.69, 9.17) is 0 Å². The van der Waals surface area contributed by atoms with Crippen molar-refractivity contribution in [3.05, 3.63) is 97.0 Å². The first-order valence-corrected chi connectivity index (χ1v) is 14.5. The van der Waals surface area contributed by atoms with Crippen molar-refractivity contribution in [3.63, 3.8) is 0 Å². The molecule has 1 unspecified atom stereocenters. The summed E-state index contributed by atoms with van der Waals surface area (Å²) in [5.41, 5.74) is 3.27. The number of aromatic nitrogens is 2. The van der Waals surface area contributed by atoms with E-state index in [1.54, 1.807) is 48.8 Å². The molecule has 0 saturated carbocycles. The highest BCUT2D eigenvalue weighted by atomic mass is 32.2. The number of nitrogens with one attached hydrogen (secondary N) is 3. The molecular weight excluding hydrogens is 526 g/mol. The van der Waals surface area contributed by atoms with Gasteiger partial charge >= 0.3 is 0 Å². The number of hydrogen-bond acceptors (Lipinski definition) is 6. The standard InChI is InChI=1S/C30H35N5O4S/c1-22(36)33-25-14-12-23(13-15-25)28-20-35(21-31-28)17-16-30(2,3)32-19-29(37)24-8-7-9-26(18-24)34-40(38,39)27-10-5-4-6-11-27/h4-15,18,20-21,29,32,34,37H,16-17,19H2,1-3H3,(H,33,36). The van der Waals surface area contributed by atoms with Crippen molar-refractivity contribution >= 4 is 27.3 Å². The molecule has 40 heavy (non-hydrogen) atoms. The lowest BCUT2D eigenvalue weighted by atomic mass is 9.99. The number of benzene rings is 3. The smallest absolute Gasteiger partial charge is 0.261 e. The Hall–Kier alpha value is -3.99. The fourth-order valence-corrected chi connectivity index (χ4v) is 5.24. The molecule has 10 heteroatoms. The molecule has 0 aliphatic carbocycles. The Morgan fingerprint density at radius 1 is 1.00 bits per heavy atom. The number of amides is 1. The average molecular weight is 562 g/mol. The van der Waals surface area contributed by atoms with Gasteiger partial charge in [-0.3, -0.25) is 9.52 Å². The van der Waals surface area contributed by atoms with Crippen molar-refractivity contribution in [1.29, 1.82) is 0 Å². The number of hydrogen-bond donors (Lipinski definition) is 4. The number of anilines is 2. The van der Waals surface area contributed by atoms with Crippen molar-refractivity contribution in [1.82, 2.24) is 14.9 Å². The van der Waals surface area contributed by atoms with Crippen LogP contribution < -0.4 is 15.4 Å². The largest absolute Gasteiger partial charge is 0.387 e. The van der Waals surface area contributed by atoms with E-state index < -0.39 is 16.1 Å². The summed E-state index contributed by atoms with van der Waals surface area (Å²) in [7, 11) is -3.72. The second-order valence-electron chi connectivity index (χ2n) is 10.3. The van der Waals surface area contributed by atoms with Crippen molar-refractivity contribution in [2.75, 3.05) is 16.6 Å². The van der Waals surface area contributed by atoms with Crippen molar-refractivity contribution in [2.24, 2.45) is 0 Å². The van der Waals surface area contributed by atoms with Gasteiger partial charge in [0.05, 0.1) is 23.0 Å². The van der Waals surface area contributed by atoms with Gasteiger partial charge in [0, 0.05) is 48.7 Å². The zero-order chi connectivity index (χ0) is 28.8. The van der Waals surface area contributed by atoms with Gasteiger partial charge in [-0.25, -0.2) is 13.4 Å². The molecular formula is C30H35N5O4S. The zero-order valence-electron chi connectivity index (χ0n) is 22.8. The van der Waals surface area contributed by atoms with E-state index in [0.717, 1.165) is 29.9 Å². The normalized spacial score (nSPS) is 12.6. The third-order valence-electron chi connectivity index (χ3n) is 6.48. The summed E-state index contributed by atoms with van der Waals surface area (Å²) in [6.07, 6.45) is 3.75. The summed E-state index contributed by atoms with van der Waals surface area (Å²) in [6, 6.07) is 22.5. The van der Waals surface area contributed by atoms with Crippen LogP contribution in [0.5, 0.6) is 0 Å². The second kappa shape index (κ2) is 12.5. The van der Waals surface area contributed by atoms with Gasteiger partial charge in [-0.1, -0.05) is 42.5 Å². The second-order valence-corrected chi connectivity index (χ2v) is 12.0. The monoisotopic (exact) mass is 561 g/mol. The topological polar surface area (TPSA) is 125 Å². The highest BCUT2D eigenvalue weighted by molar-refractivity contribution is 7.92. The lowest BCUT2D eigenvalue weighted by Crippen LogP contribution is -2.42. The number of rotatable bonds is 12. The molecule has 0 aliphatic rings. The fourth-order valence-electron chi connectivity index (χ4n) is 4.17. The number of aliphatic hydroxyl groups excluding tert-OH is 1. The van der Waals surface area contributed by atoms with Crippen LogP contribution in [0.25, 0.3) is 11.3 Å². The lowest BCUT2D eigenvalue weighted by Gasteiger charge is -2.28. The Kier molecular flexibility index (Phi) is 9.03. The average Bonchev–Trinajstić information content (AvgIpc) is 3.40. The highest BCUT2D eigenvalue weighted by Crippen LogP contribution is 2.23. The van der Waals surface area contributed by atoms with E-state index >= 15 is 0 Å². The molecule has 3 aromatic carbocycles. The molecule has 0 aliphatic heterocycles. The van der Waals surface area contributed by atoms with Gasteiger partial charge in [-0.2, -0.15) is 0 Å². The number of imidazole rings is 1. The van der Waals surface area contributed by atoms with Crippen LogP contribution >= 0.6 is 0 Å². The van der Waals surface area contributed by atoms with Crippen LogP contribution in [0.2, 0.25) is 0 Å². The third kappa shape index (κ3) is 8.01. The summed E-state index contributed by atoms with van der Waals surface area (Å²) < 4.78 is 29.9. The summed E-state index contributed by atoms with van der Waals surface area (Å²) in [5, 5.41) is 17.0. The minimum absolute atomic E-state index is 0.111. The molecule has 0 fully saturated rings. The van der Waals surface area contributed by atoms with Gasteiger partial charge in [0.25, 0.3) is 10.0 Å². The molecule has 210 valence electrons. The number of β-amino-alcohol motifs (C(OH)–C–C–N with tert-alkyl or cyclic N) is 1. The Bertz CT molecular complexity index is 1530. The van der Waals surface area contributed by atoms with E-state index in [9.17, 15) is 18.3 Å². The Labute approximate surface area is 235 Å². The summed E-state index contributed by atoms with van der Waals surface area (Å²) in [6.45, 7) is 6.65. The molecule has 1 heterocycles. The van der Waals surface area contributed by atoms with Crippen molar-refractivity contribution in [3.8, 4) is 11.3 Å². The van der Waals surface area contributed by atoms with Crippen LogP contribution in [-0.2, 0) is 21.4 Å². The van der Waals surface area contributed by atoms with Crippen LogP contribution in [0.15, 0.2) is 96.3 Å². The molecule has 4 aromatic rings. The minimum atomic E-state index is -3.72. The maximum atomic E-state index is 12.7. The van der Waals surface area contributed by atoms with Crippen LogP contribution in [-0.4, -0.2) is 41.1 Å². The van der Waals surface area contributed by atoms with E-state index in [1.807, 2.05) is 35.0 Å². The molecule has 1 aromatic heterocycles. The number of sulfonamides is 1. The van der Waals surface area contributed by atoms with Gasteiger partial charge in [0.1, 0.15) is 0 Å². The molecule has 0 radical (unpaired) electrons. The fraction of sp³-hybridized carbons (Fsp3) is 0.267. The predicted octanol–water partition coefficient (Wildman–Crippen LogP) is 4.80. The van der Waals surface area contributed by atoms with Gasteiger partial charge in [0.15, 0.2) is 0 Å². The van der Waals surface area contributed by atoms with E-state index in [2.05, 4.69) is 34.2 Å². The molecule has 0 saturated heterocycles. The van der Waals surface area contributed by atoms with Crippen molar-refractivity contribution in [2.45, 2.75) is 50.3 Å². The highest BCUT2D eigenvalue weighted by Gasteiger charge is 2.20. The number of aryl methyl sites for hydroxylation is 1. The molecule has 1 amide bonds. The number of aliphatic hydroxyl groups is 1. The Morgan fingerprint density at radius 3 is 2.42 bits per heavy atom. The van der Waals surface area contributed by atoms with Gasteiger partial charge in [-0.15, -0.1) is 0 Å². The predicted molar refractivity (Wildman–Crippen MR) is 157 cm³/mol. The lowest BCUT2D eigenvalue weighted by molar-refractivity contribution is -0.114. The molecule has 1 atom stereocenters. The first-order chi connectivity index (χ1) is 19.0. The minimum Gasteiger partial charge on any atom is -0.387 e. The van der Waals surface area contributed by atoms with E-state index in [1.165, 1.54) is 19.1 Å². The summed E-state index contributed by atoms with van der Waals surface area (Å²) in [4.78, 5) is 15.9. The Morgan fingerprint density at radius 2 is 1.73 bits per heavy atom. The van der Waals surface area contributed by atoms with Crippen LogP contribution in [0.1, 0.15) is 38.9 Å². The first-order valence-electron chi connectivity index (χ1n) is 13.0. The quantitative estimate of drug-likeness (QED) is 0.197. The maximum absolute atomic E-state index is 12.7. The van der Waals surface area contributed by atoms with Gasteiger partial charge < -0.3 is 20.3 Å². The SMILES string of the molecule is CC(=O)Nc1ccc(-c2cn(CCC(C)(C)NCC(O)c3cccc(NS(=O)(=O)c4ccccc4)c3)cn2)cc1. The molecule has 4 N–H and O–H groups in total.